The van der Waals surface area contributed by atoms with Crippen LogP contribution in [0.3, 0.4) is 0 Å². The first kappa shape index (κ1) is 19.5. The lowest BCUT2D eigenvalue weighted by molar-refractivity contribution is -0.116. The molecule has 2 heterocycles. The molecular weight excluding hydrogens is 410 g/mol. The van der Waals surface area contributed by atoms with E-state index >= 15 is 0 Å². The molecule has 8 heteroatoms. The first-order valence-electron chi connectivity index (χ1n) is 8.88. The Morgan fingerprint density at radius 2 is 1.55 bits per heavy atom. The van der Waals surface area contributed by atoms with Crippen LogP contribution in [-0.4, -0.2) is 28.5 Å². The van der Waals surface area contributed by atoms with E-state index < -0.39 is 9.84 Å². The number of amides is 1. The van der Waals surface area contributed by atoms with Crippen molar-refractivity contribution in [2.24, 2.45) is 0 Å². The topological polar surface area (TPSA) is 81.7 Å². The normalized spacial score (nSPS) is 16.1. The van der Waals surface area contributed by atoms with E-state index in [-0.39, 0.29) is 28.0 Å². The molecule has 0 fully saturated rings. The van der Waals surface area contributed by atoms with Crippen LogP contribution in [0.4, 0.5) is 5.69 Å². The highest BCUT2D eigenvalue weighted by Gasteiger charge is 2.34. The minimum absolute atomic E-state index is 0.120. The van der Waals surface area contributed by atoms with Crippen molar-refractivity contribution in [1.82, 2.24) is 0 Å². The number of thiophene rings is 1. The summed E-state index contributed by atoms with van der Waals surface area (Å²) < 4.78 is 36.7. The SMILES string of the molecule is COc1ccc([C@@H]2CC(=O)Nc3c(S(=O)(=O)c4ccc(OC)cc4)csc32)cc1. The minimum atomic E-state index is -3.78. The van der Waals surface area contributed by atoms with Crippen molar-refractivity contribution < 1.29 is 22.7 Å². The van der Waals surface area contributed by atoms with E-state index in [1.54, 1.807) is 24.6 Å². The Morgan fingerprint density at radius 1 is 0.966 bits per heavy atom. The van der Waals surface area contributed by atoms with Gasteiger partial charge < -0.3 is 14.8 Å². The second-order valence-corrected chi connectivity index (χ2v) is 9.43. The number of carbonyl (C=O) groups excluding carboxylic acids is 1. The molecule has 2 aromatic carbocycles. The number of sulfone groups is 1. The van der Waals surface area contributed by atoms with Crippen LogP contribution in [-0.2, 0) is 14.6 Å². The molecule has 1 amide bonds. The summed E-state index contributed by atoms with van der Waals surface area (Å²) >= 11 is 1.35. The average Bonchev–Trinajstić information content (AvgIpc) is 3.18. The number of hydrogen-bond acceptors (Lipinski definition) is 6. The molecule has 0 unspecified atom stereocenters. The lowest BCUT2D eigenvalue weighted by atomic mass is 9.91. The van der Waals surface area contributed by atoms with Gasteiger partial charge in [-0.2, -0.15) is 0 Å². The lowest BCUT2D eigenvalue weighted by Gasteiger charge is -2.24. The molecule has 6 nitrogen and oxygen atoms in total. The van der Waals surface area contributed by atoms with Gasteiger partial charge in [0.1, 0.15) is 16.4 Å². The Morgan fingerprint density at radius 3 is 2.14 bits per heavy atom. The van der Waals surface area contributed by atoms with Crippen LogP contribution in [0.1, 0.15) is 22.8 Å². The maximum absolute atomic E-state index is 13.2. The molecule has 1 N–H and O–H groups in total. The van der Waals surface area contributed by atoms with Gasteiger partial charge in [0.25, 0.3) is 0 Å². The molecule has 29 heavy (non-hydrogen) atoms. The number of fused-ring (bicyclic) bond motifs is 1. The predicted octanol–water partition coefficient (Wildman–Crippen LogP) is 4.07. The summed E-state index contributed by atoms with van der Waals surface area (Å²) in [5.74, 6) is 0.893. The van der Waals surface area contributed by atoms with E-state index in [2.05, 4.69) is 5.32 Å². The standard InChI is InChI=1S/C21H19NO5S2/c1-26-14-5-3-13(4-6-14)17-11-19(23)22-20-18(12-28-21(17)20)29(24,25)16-9-7-15(27-2)8-10-16/h3-10,12,17H,11H2,1-2H3,(H,22,23)/t17-/m0/s1. The quantitative estimate of drug-likeness (QED) is 0.661. The highest BCUT2D eigenvalue weighted by Crippen LogP contribution is 2.46. The molecule has 0 aliphatic carbocycles. The van der Waals surface area contributed by atoms with Crippen LogP contribution < -0.4 is 14.8 Å². The highest BCUT2D eigenvalue weighted by atomic mass is 32.2. The second-order valence-electron chi connectivity index (χ2n) is 6.60. The second kappa shape index (κ2) is 7.53. The molecule has 1 aliphatic heterocycles. The molecule has 3 aromatic rings. The first-order valence-corrected chi connectivity index (χ1v) is 11.2. The van der Waals surface area contributed by atoms with E-state index in [0.29, 0.717) is 11.4 Å². The highest BCUT2D eigenvalue weighted by molar-refractivity contribution is 7.91. The monoisotopic (exact) mass is 429 g/mol. The molecule has 1 atom stereocenters. The summed E-state index contributed by atoms with van der Waals surface area (Å²) in [7, 11) is -0.666. The number of rotatable bonds is 5. The summed E-state index contributed by atoms with van der Waals surface area (Å²) in [6, 6.07) is 13.7. The zero-order valence-electron chi connectivity index (χ0n) is 15.8. The molecule has 0 saturated heterocycles. The fraction of sp³-hybridized carbons (Fsp3) is 0.190. The lowest BCUT2D eigenvalue weighted by Crippen LogP contribution is -2.23. The van der Waals surface area contributed by atoms with Crippen LogP contribution >= 0.6 is 11.3 Å². The van der Waals surface area contributed by atoms with Crippen LogP contribution in [0.5, 0.6) is 11.5 Å². The fourth-order valence-electron chi connectivity index (χ4n) is 3.39. The Hall–Kier alpha value is -2.84. The summed E-state index contributed by atoms with van der Waals surface area (Å²) in [6.45, 7) is 0. The maximum Gasteiger partial charge on any atom is 0.225 e. The Kier molecular flexibility index (Phi) is 5.06. The summed E-state index contributed by atoms with van der Waals surface area (Å²) in [6.07, 6.45) is 0.266. The van der Waals surface area contributed by atoms with Gasteiger partial charge in [-0.05, 0) is 42.0 Å². The maximum atomic E-state index is 13.2. The Bertz CT molecular complexity index is 1150. The number of anilines is 1. The van der Waals surface area contributed by atoms with Gasteiger partial charge in [0.2, 0.25) is 15.7 Å². The van der Waals surface area contributed by atoms with Crippen molar-refractivity contribution in [3.8, 4) is 11.5 Å². The van der Waals surface area contributed by atoms with Crippen LogP contribution in [0.15, 0.2) is 63.7 Å². The van der Waals surface area contributed by atoms with E-state index in [1.807, 2.05) is 24.3 Å². The molecule has 0 saturated carbocycles. The van der Waals surface area contributed by atoms with Crippen LogP contribution in [0.2, 0.25) is 0 Å². The van der Waals surface area contributed by atoms with Gasteiger partial charge in [-0.1, -0.05) is 12.1 Å². The summed E-state index contributed by atoms with van der Waals surface area (Å²) in [5.41, 5.74) is 1.32. The van der Waals surface area contributed by atoms with Gasteiger partial charge >= 0.3 is 0 Å². The molecule has 1 aliphatic rings. The smallest absolute Gasteiger partial charge is 0.225 e. The largest absolute Gasteiger partial charge is 0.497 e. The summed E-state index contributed by atoms with van der Waals surface area (Å²) in [4.78, 5) is 13.5. The van der Waals surface area contributed by atoms with Gasteiger partial charge in [0, 0.05) is 22.6 Å². The third-order valence-corrected chi connectivity index (χ3v) is 7.97. The van der Waals surface area contributed by atoms with E-state index in [0.717, 1.165) is 16.2 Å². The Balaban J connectivity index is 1.76. The van der Waals surface area contributed by atoms with E-state index in [4.69, 9.17) is 9.47 Å². The van der Waals surface area contributed by atoms with Crippen molar-refractivity contribution >= 4 is 32.8 Å². The molecular formula is C21H19NO5S2. The van der Waals surface area contributed by atoms with Gasteiger partial charge in [-0.15, -0.1) is 11.3 Å². The van der Waals surface area contributed by atoms with Crippen LogP contribution in [0, 0.1) is 0 Å². The third kappa shape index (κ3) is 3.49. The summed E-state index contributed by atoms with van der Waals surface area (Å²) in [5, 5.41) is 4.38. The zero-order valence-corrected chi connectivity index (χ0v) is 17.5. The molecule has 0 radical (unpaired) electrons. The van der Waals surface area contributed by atoms with Crippen LogP contribution in [0.25, 0.3) is 0 Å². The molecule has 4 rings (SSSR count). The van der Waals surface area contributed by atoms with Crippen molar-refractivity contribution in [3.05, 3.63) is 64.4 Å². The molecule has 0 spiro atoms. The molecule has 0 bridgehead atoms. The van der Waals surface area contributed by atoms with Gasteiger partial charge in [0.05, 0.1) is 24.8 Å². The number of methoxy groups -OCH3 is 2. The van der Waals surface area contributed by atoms with Gasteiger partial charge in [0.15, 0.2) is 0 Å². The van der Waals surface area contributed by atoms with E-state index in [9.17, 15) is 13.2 Å². The van der Waals surface area contributed by atoms with E-state index in [1.165, 1.54) is 30.6 Å². The van der Waals surface area contributed by atoms with Crippen molar-refractivity contribution in [3.63, 3.8) is 0 Å². The number of carbonyl (C=O) groups is 1. The number of benzene rings is 2. The number of ether oxygens (including phenoxy) is 2. The number of hydrogen-bond donors (Lipinski definition) is 1. The number of nitrogens with one attached hydrogen (secondary N) is 1. The first-order chi connectivity index (χ1) is 13.9. The van der Waals surface area contributed by atoms with Gasteiger partial charge in [-0.3, -0.25) is 4.79 Å². The fourth-order valence-corrected chi connectivity index (χ4v) is 6.30. The van der Waals surface area contributed by atoms with Gasteiger partial charge in [-0.25, -0.2) is 8.42 Å². The molecule has 1 aromatic heterocycles. The minimum Gasteiger partial charge on any atom is -0.497 e. The Labute approximate surface area is 173 Å². The molecule has 150 valence electrons. The van der Waals surface area contributed by atoms with Crippen molar-refractivity contribution in [2.45, 2.75) is 22.1 Å². The predicted molar refractivity (Wildman–Crippen MR) is 111 cm³/mol. The van der Waals surface area contributed by atoms with Crippen molar-refractivity contribution in [1.29, 1.82) is 0 Å². The zero-order chi connectivity index (χ0) is 20.6. The third-order valence-electron chi connectivity index (χ3n) is 4.93. The average molecular weight is 430 g/mol. The van der Waals surface area contributed by atoms with Crippen molar-refractivity contribution in [2.75, 3.05) is 19.5 Å².